The number of aliphatic hydroxyl groups excluding tert-OH is 1. The number of benzene rings is 2. The lowest BCUT2D eigenvalue weighted by atomic mass is 10.1. The van der Waals surface area contributed by atoms with E-state index in [0.717, 1.165) is 33.4 Å². The van der Waals surface area contributed by atoms with Crippen LogP contribution in [0.4, 0.5) is 0 Å². The van der Waals surface area contributed by atoms with E-state index >= 15 is 0 Å². The van der Waals surface area contributed by atoms with Gasteiger partial charge >= 0.3 is 0 Å². The average molecular weight is 309 g/mol. The monoisotopic (exact) mass is 309 g/mol. The standard InChI is InChI=1S/C19H19NO3/c1-22-15-8-9-18-16(12-15)17(20-10-5-11-21)13-19(23-18)14-6-3-2-4-7-14/h2-4,6-9,12-13,21H,5,10-11H2,1H3. The zero-order chi connectivity index (χ0) is 16.1. The molecule has 4 nitrogen and oxygen atoms in total. The van der Waals surface area contributed by atoms with E-state index in [1.807, 2.05) is 54.6 Å². The number of hydrogen-bond donors (Lipinski definition) is 1. The zero-order valence-corrected chi connectivity index (χ0v) is 13.0. The van der Waals surface area contributed by atoms with Gasteiger partial charge in [0.25, 0.3) is 0 Å². The van der Waals surface area contributed by atoms with Crippen LogP contribution in [-0.2, 0) is 0 Å². The van der Waals surface area contributed by atoms with Gasteiger partial charge in [-0.05, 0) is 24.6 Å². The molecule has 4 heteroatoms. The van der Waals surface area contributed by atoms with E-state index in [9.17, 15) is 0 Å². The SMILES string of the molecule is COc1ccc2oc(-c3ccccc3)cc(=NCCCO)c2c1. The van der Waals surface area contributed by atoms with Crippen molar-refractivity contribution in [2.45, 2.75) is 6.42 Å². The topological polar surface area (TPSA) is 55.0 Å². The van der Waals surface area contributed by atoms with E-state index in [1.54, 1.807) is 7.11 Å². The van der Waals surface area contributed by atoms with Crippen molar-refractivity contribution in [3.63, 3.8) is 0 Å². The van der Waals surface area contributed by atoms with Crippen molar-refractivity contribution in [3.05, 3.63) is 60.0 Å². The predicted molar refractivity (Wildman–Crippen MR) is 90.3 cm³/mol. The maximum absolute atomic E-state index is 8.97. The third-order valence-corrected chi connectivity index (χ3v) is 3.61. The van der Waals surface area contributed by atoms with Gasteiger partial charge in [-0.15, -0.1) is 0 Å². The summed E-state index contributed by atoms with van der Waals surface area (Å²) in [5.74, 6) is 1.53. The number of rotatable bonds is 5. The first-order chi connectivity index (χ1) is 11.3. The third-order valence-electron chi connectivity index (χ3n) is 3.61. The Balaban J connectivity index is 2.20. The summed E-state index contributed by atoms with van der Waals surface area (Å²) in [5, 5.41) is 10.7. The van der Waals surface area contributed by atoms with E-state index in [-0.39, 0.29) is 6.61 Å². The molecule has 0 radical (unpaired) electrons. The maximum Gasteiger partial charge on any atom is 0.137 e. The number of hydrogen-bond acceptors (Lipinski definition) is 4. The first-order valence-electron chi connectivity index (χ1n) is 7.60. The van der Waals surface area contributed by atoms with Gasteiger partial charge in [0.15, 0.2) is 0 Å². The molecule has 0 bridgehead atoms. The van der Waals surface area contributed by atoms with Crippen LogP contribution in [0.1, 0.15) is 6.42 Å². The first-order valence-corrected chi connectivity index (χ1v) is 7.60. The lowest BCUT2D eigenvalue weighted by molar-refractivity contribution is 0.291. The fourth-order valence-corrected chi connectivity index (χ4v) is 2.42. The lowest BCUT2D eigenvalue weighted by Gasteiger charge is -2.06. The van der Waals surface area contributed by atoms with Crippen LogP contribution in [0.3, 0.4) is 0 Å². The minimum absolute atomic E-state index is 0.132. The van der Waals surface area contributed by atoms with E-state index in [0.29, 0.717) is 13.0 Å². The highest BCUT2D eigenvalue weighted by Crippen LogP contribution is 2.24. The van der Waals surface area contributed by atoms with Gasteiger partial charge in [0.1, 0.15) is 17.1 Å². The van der Waals surface area contributed by atoms with Gasteiger partial charge in [-0.3, -0.25) is 4.99 Å². The number of ether oxygens (including phenoxy) is 1. The number of methoxy groups -OCH3 is 1. The number of nitrogens with zero attached hydrogens (tertiary/aromatic N) is 1. The second kappa shape index (κ2) is 7.11. The fourth-order valence-electron chi connectivity index (χ4n) is 2.42. The normalized spacial score (nSPS) is 11.8. The largest absolute Gasteiger partial charge is 0.497 e. The Kier molecular flexibility index (Phi) is 4.74. The minimum Gasteiger partial charge on any atom is -0.497 e. The van der Waals surface area contributed by atoms with Gasteiger partial charge in [-0.1, -0.05) is 30.3 Å². The molecule has 2 aromatic carbocycles. The van der Waals surface area contributed by atoms with Gasteiger partial charge in [0.2, 0.25) is 0 Å². The fraction of sp³-hybridized carbons (Fsp3) is 0.211. The van der Waals surface area contributed by atoms with Crippen molar-refractivity contribution in [1.29, 1.82) is 0 Å². The smallest absolute Gasteiger partial charge is 0.137 e. The second-order valence-corrected chi connectivity index (χ2v) is 5.18. The maximum atomic E-state index is 8.97. The third kappa shape index (κ3) is 3.43. The van der Waals surface area contributed by atoms with Crippen LogP contribution in [0.2, 0.25) is 0 Å². The Morgan fingerprint density at radius 2 is 1.91 bits per heavy atom. The molecule has 0 fully saturated rings. The van der Waals surface area contributed by atoms with Crippen molar-refractivity contribution in [2.75, 3.05) is 20.3 Å². The van der Waals surface area contributed by atoms with Gasteiger partial charge in [-0.25, -0.2) is 0 Å². The summed E-state index contributed by atoms with van der Waals surface area (Å²) in [7, 11) is 1.64. The molecule has 0 spiro atoms. The molecule has 0 amide bonds. The van der Waals surface area contributed by atoms with Crippen LogP contribution in [0.15, 0.2) is 64.0 Å². The lowest BCUT2D eigenvalue weighted by Crippen LogP contribution is -2.06. The van der Waals surface area contributed by atoms with Crippen molar-refractivity contribution in [2.24, 2.45) is 4.99 Å². The molecule has 1 N–H and O–H groups in total. The Morgan fingerprint density at radius 1 is 1.09 bits per heavy atom. The predicted octanol–water partition coefficient (Wildman–Crippen LogP) is 3.39. The van der Waals surface area contributed by atoms with Crippen LogP contribution in [0.25, 0.3) is 22.3 Å². The summed E-state index contributed by atoms with van der Waals surface area (Å²) in [4.78, 5) is 4.61. The van der Waals surface area contributed by atoms with Crippen LogP contribution < -0.4 is 10.1 Å². The van der Waals surface area contributed by atoms with E-state index in [1.165, 1.54) is 0 Å². The highest BCUT2D eigenvalue weighted by atomic mass is 16.5. The first kappa shape index (κ1) is 15.3. The number of fused-ring (bicyclic) bond motifs is 1. The summed E-state index contributed by atoms with van der Waals surface area (Å²) >= 11 is 0. The molecule has 23 heavy (non-hydrogen) atoms. The Morgan fingerprint density at radius 3 is 2.65 bits per heavy atom. The molecule has 0 unspecified atom stereocenters. The van der Waals surface area contributed by atoms with Crippen LogP contribution in [0, 0.1) is 0 Å². The average Bonchev–Trinajstić information content (AvgIpc) is 2.62. The molecule has 0 aliphatic rings. The summed E-state index contributed by atoms with van der Waals surface area (Å²) in [6.45, 7) is 0.703. The molecule has 0 saturated carbocycles. The molecule has 1 aromatic heterocycles. The van der Waals surface area contributed by atoms with Crippen molar-refractivity contribution >= 4 is 11.0 Å². The van der Waals surface area contributed by atoms with Crippen LogP contribution in [-0.4, -0.2) is 25.4 Å². The number of aliphatic hydroxyl groups is 1. The summed E-state index contributed by atoms with van der Waals surface area (Å²) in [6.07, 6.45) is 0.637. The van der Waals surface area contributed by atoms with Gasteiger partial charge in [0.05, 0.1) is 12.5 Å². The molecular formula is C19H19NO3. The van der Waals surface area contributed by atoms with Crippen LogP contribution >= 0.6 is 0 Å². The quantitative estimate of drug-likeness (QED) is 0.735. The Hall–Kier alpha value is -2.59. The van der Waals surface area contributed by atoms with Gasteiger partial charge in [0, 0.05) is 30.2 Å². The molecule has 118 valence electrons. The van der Waals surface area contributed by atoms with E-state index < -0.39 is 0 Å². The van der Waals surface area contributed by atoms with Gasteiger partial charge < -0.3 is 14.3 Å². The molecule has 1 heterocycles. The molecule has 0 saturated heterocycles. The van der Waals surface area contributed by atoms with Crippen LogP contribution in [0.5, 0.6) is 5.75 Å². The minimum atomic E-state index is 0.132. The molecular weight excluding hydrogens is 290 g/mol. The molecule has 0 aliphatic heterocycles. The highest BCUT2D eigenvalue weighted by molar-refractivity contribution is 5.80. The summed E-state index contributed by atoms with van der Waals surface area (Å²) < 4.78 is 11.3. The summed E-state index contributed by atoms with van der Waals surface area (Å²) in [5.41, 5.74) is 1.76. The molecule has 3 rings (SSSR count). The van der Waals surface area contributed by atoms with Crippen molar-refractivity contribution < 1.29 is 14.3 Å². The second-order valence-electron chi connectivity index (χ2n) is 5.18. The van der Waals surface area contributed by atoms with Gasteiger partial charge in [-0.2, -0.15) is 0 Å². The van der Waals surface area contributed by atoms with Crippen molar-refractivity contribution in [3.8, 4) is 17.1 Å². The molecule has 3 aromatic rings. The highest BCUT2D eigenvalue weighted by Gasteiger charge is 2.07. The molecule has 0 aliphatic carbocycles. The van der Waals surface area contributed by atoms with E-state index in [2.05, 4.69) is 4.99 Å². The molecule has 0 atom stereocenters. The van der Waals surface area contributed by atoms with Crippen molar-refractivity contribution in [1.82, 2.24) is 0 Å². The Bertz CT molecular complexity index is 853. The zero-order valence-electron chi connectivity index (χ0n) is 13.0. The van der Waals surface area contributed by atoms with E-state index in [4.69, 9.17) is 14.3 Å². The Labute approximate surface area is 134 Å². The summed E-state index contributed by atoms with van der Waals surface area (Å²) in [6, 6.07) is 17.6.